The Kier molecular flexibility index (Phi) is 6.54. The molecule has 1 aromatic heterocycles. The lowest BCUT2D eigenvalue weighted by Crippen LogP contribution is -2.39. The molecule has 0 saturated heterocycles. The predicted molar refractivity (Wildman–Crippen MR) is 106 cm³/mol. The molecule has 0 aliphatic carbocycles. The number of hydrogen-bond donors (Lipinski definition) is 0. The third-order valence-corrected chi connectivity index (χ3v) is 4.45. The molecule has 150 valence electrons. The lowest BCUT2D eigenvalue weighted by atomic mass is 10.0. The lowest BCUT2D eigenvalue weighted by molar-refractivity contribution is -0.160. The molecule has 0 amide bonds. The molecule has 0 radical (unpaired) electrons. The lowest BCUT2D eigenvalue weighted by Gasteiger charge is -2.24. The Morgan fingerprint density at radius 3 is 2.11 bits per heavy atom. The molecule has 2 aromatic rings. The fraction of sp³-hybridized carbons (Fsp3) is 0.455. The Balaban J connectivity index is 2.03. The quantitative estimate of drug-likeness (QED) is 0.527. The molecule has 0 aliphatic rings. The van der Waals surface area contributed by atoms with Crippen molar-refractivity contribution in [1.82, 2.24) is 9.97 Å². The van der Waals surface area contributed by atoms with Crippen molar-refractivity contribution in [2.45, 2.75) is 60.7 Å². The van der Waals surface area contributed by atoms with E-state index in [0.29, 0.717) is 17.0 Å². The average Bonchev–Trinajstić information content (AvgIpc) is 2.63. The highest BCUT2D eigenvalue weighted by Gasteiger charge is 2.32. The van der Waals surface area contributed by atoms with E-state index in [9.17, 15) is 9.59 Å². The van der Waals surface area contributed by atoms with Crippen LogP contribution in [-0.4, -0.2) is 27.3 Å². The van der Waals surface area contributed by atoms with Gasteiger partial charge in [0.05, 0.1) is 22.8 Å². The van der Waals surface area contributed by atoms with Gasteiger partial charge in [-0.05, 0) is 58.9 Å². The first-order chi connectivity index (χ1) is 13.0. The standard InChI is InChI=1S/C22H28N2O4/c1-13(2)20(25)17-8-10-18(11-9-17)28-22(6,7)21(26)27-12-19-16(5)23-14(3)15(4)24-19/h8-11,13H,12H2,1-7H3. The maximum atomic E-state index is 12.5. The molecule has 0 fully saturated rings. The Morgan fingerprint density at radius 2 is 1.54 bits per heavy atom. The van der Waals surface area contributed by atoms with E-state index in [1.165, 1.54) is 0 Å². The number of benzene rings is 1. The minimum atomic E-state index is -1.19. The van der Waals surface area contributed by atoms with Crippen LogP contribution >= 0.6 is 0 Å². The third-order valence-electron chi connectivity index (χ3n) is 4.45. The van der Waals surface area contributed by atoms with Gasteiger partial charge in [0.25, 0.3) is 0 Å². The van der Waals surface area contributed by atoms with Crippen LogP contribution < -0.4 is 4.74 Å². The first-order valence-corrected chi connectivity index (χ1v) is 9.32. The number of hydrogen-bond acceptors (Lipinski definition) is 6. The topological polar surface area (TPSA) is 78.4 Å². The van der Waals surface area contributed by atoms with Crippen LogP contribution in [0.15, 0.2) is 24.3 Å². The van der Waals surface area contributed by atoms with Gasteiger partial charge < -0.3 is 9.47 Å². The van der Waals surface area contributed by atoms with Gasteiger partial charge in [-0.2, -0.15) is 0 Å². The molecule has 0 unspecified atom stereocenters. The van der Waals surface area contributed by atoms with E-state index >= 15 is 0 Å². The molecule has 1 heterocycles. The zero-order valence-corrected chi connectivity index (χ0v) is 17.6. The summed E-state index contributed by atoms with van der Waals surface area (Å²) in [5.74, 6) is -0.0242. The maximum Gasteiger partial charge on any atom is 0.350 e. The van der Waals surface area contributed by atoms with E-state index in [2.05, 4.69) is 9.97 Å². The fourth-order valence-corrected chi connectivity index (χ4v) is 2.56. The molecule has 2 rings (SSSR count). The molecule has 0 aliphatic heterocycles. The zero-order chi connectivity index (χ0) is 21.1. The van der Waals surface area contributed by atoms with Gasteiger partial charge in [0.1, 0.15) is 12.4 Å². The summed E-state index contributed by atoms with van der Waals surface area (Å²) in [5, 5.41) is 0. The first-order valence-electron chi connectivity index (χ1n) is 9.32. The highest BCUT2D eigenvalue weighted by atomic mass is 16.6. The van der Waals surface area contributed by atoms with Crippen molar-refractivity contribution in [3.8, 4) is 5.75 Å². The van der Waals surface area contributed by atoms with Gasteiger partial charge in [-0.1, -0.05) is 13.8 Å². The Hall–Kier alpha value is -2.76. The van der Waals surface area contributed by atoms with E-state index in [1.54, 1.807) is 38.1 Å². The zero-order valence-electron chi connectivity index (χ0n) is 17.6. The summed E-state index contributed by atoms with van der Waals surface area (Å²) in [6, 6.07) is 6.77. The first kappa shape index (κ1) is 21.5. The number of carbonyl (C=O) groups is 2. The van der Waals surface area contributed by atoms with Gasteiger partial charge in [-0.25, -0.2) is 4.79 Å². The minimum absolute atomic E-state index is 0.0351. The van der Waals surface area contributed by atoms with E-state index in [4.69, 9.17) is 9.47 Å². The van der Waals surface area contributed by atoms with Crippen LogP contribution in [0, 0.1) is 26.7 Å². The fourth-order valence-electron chi connectivity index (χ4n) is 2.56. The second-order valence-electron chi connectivity index (χ2n) is 7.66. The molecule has 0 bridgehead atoms. The molecule has 0 saturated carbocycles. The Bertz CT molecular complexity index is 871. The summed E-state index contributed by atoms with van der Waals surface area (Å²) in [7, 11) is 0. The van der Waals surface area contributed by atoms with Crippen LogP contribution in [-0.2, 0) is 16.1 Å². The summed E-state index contributed by atoms with van der Waals surface area (Å²) in [4.78, 5) is 33.4. The summed E-state index contributed by atoms with van der Waals surface area (Å²) < 4.78 is 11.2. The van der Waals surface area contributed by atoms with Crippen molar-refractivity contribution >= 4 is 11.8 Å². The number of nitrogens with zero attached hydrogens (tertiary/aromatic N) is 2. The summed E-state index contributed by atoms with van der Waals surface area (Å²) in [5.41, 5.74) is 2.46. The van der Waals surface area contributed by atoms with Gasteiger partial charge >= 0.3 is 5.97 Å². The molecule has 6 nitrogen and oxygen atoms in total. The van der Waals surface area contributed by atoms with Crippen LogP contribution in [0.2, 0.25) is 0 Å². The van der Waals surface area contributed by atoms with Crippen molar-refractivity contribution in [2.75, 3.05) is 0 Å². The second kappa shape index (κ2) is 8.50. The summed E-state index contributed by atoms with van der Waals surface area (Å²) >= 11 is 0. The Labute approximate surface area is 166 Å². The van der Waals surface area contributed by atoms with Crippen LogP contribution in [0.5, 0.6) is 5.75 Å². The van der Waals surface area contributed by atoms with Gasteiger partial charge in [-0.15, -0.1) is 0 Å². The summed E-state index contributed by atoms with van der Waals surface area (Å²) in [6.45, 7) is 12.6. The van der Waals surface area contributed by atoms with Crippen molar-refractivity contribution in [2.24, 2.45) is 5.92 Å². The number of esters is 1. The number of ketones is 1. The van der Waals surface area contributed by atoms with Crippen LogP contribution in [0.3, 0.4) is 0 Å². The minimum Gasteiger partial charge on any atom is -0.476 e. The molecule has 0 N–H and O–H groups in total. The van der Waals surface area contributed by atoms with Crippen molar-refractivity contribution < 1.29 is 19.1 Å². The molecule has 0 atom stereocenters. The van der Waals surface area contributed by atoms with Gasteiger partial charge in [0.2, 0.25) is 0 Å². The monoisotopic (exact) mass is 384 g/mol. The van der Waals surface area contributed by atoms with Crippen LogP contribution in [0.4, 0.5) is 0 Å². The molecular weight excluding hydrogens is 356 g/mol. The van der Waals surface area contributed by atoms with Crippen molar-refractivity contribution in [1.29, 1.82) is 0 Å². The molecule has 0 spiro atoms. The van der Waals surface area contributed by atoms with E-state index < -0.39 is 11.6 Å². The average molecular weight is 384 g/mol. The van der Waals surface area contributed by atoms with E-state index in [1.807, 2.05) is 34.6 Å². The second-order valence-corrected chi connectivity index (χ2v) is 7.66. The van der Waals surface area contributed by atoms with E-state index in [-0.39, 0.29) is 18.3 Å². The van der Waals surface area contributed by atoms with E-state index in [0.717, 1.165) is 17.1 Å². The predicted octanol–water partition coefficient (Wildman–Crippen LogP) is 4.14. The van der Waals surface area contributed by atoms with Crippen LogP contribution in [0.25, 0.3) is 0 Å². The van der Waals surface area contributed by atoms with Gasteiger partial charge in [0.15, 0.2) is 11.4 Å². The summed E-state index contributed by atoms with van der Waals surface area (Å²) in [6.07, 6.45) is 0. The number of Topliss-reactive ketones (excluding diaryl/α,β-unsaturated/α-hetero) is 1. The van der Waals surface area contributed by atoms with Crippen molar-refractivity contribution in [3.63, 3.8) is 0 Å². The van der Waals surface area contributed by atoms with Crippen LogP contribution in [0.1, 0.15) is 60.8 Å². The van der Waals surface area contributed by atoms with Gasteiger partial charge in [-0.3, -0.25) is 14.8 Å². The number of carbonyl (C=O) groups excluding carboxylic acids is 2. The Morgan fingerprint density at radius 1 is 0.964 bits per heavy atom. The third kappa shape index (κ3) is 5.15. The highest BCUT2D eigenvalue weighted by molar-refractivity contribution is 5.97. The smallest absolute Gasteiger partial charge is 0.350 e. The highest BCUT2D eigenvalue weighted by Crippen LogP contribution is 2.22. The largest absolute Gasteiger partial charge is 0.476 e. The molecular formula is C22H28N2O4. The SMILES string of the molecule is Cc1nc(C)c(COC(=O)C(C)(C)Oc2ccc(C(=O)C(C)C)cc2)nc1C. The molecule has 1 aromatic carbocycles. The normalized spacial score (nSPS) is 11.4. The number of rotatable bonds is 7. The van der Waals surface area contributed by atoms with Gasteiger partial charge in [0, 0.05) is 11.5 Å². The molecule has 28 heavy (non-hydrogen) atoms. The van der Waals surface area contributed by atoms with Crippen molar-refractivity contribution in [3.05, 3.63) is 52.6 Å². The number of aryl methyl sites for hydroxylation is 3. The maximum absolute atomic E-state index is 12.5. The molecule has 6 heteroatoms. The number of ether oxygens (including phenoxy) is 2. The number of aromatic nitrogens is 2.